The lowest BCUT2D eigenvalue weighted by atomic mass is 10.0. The van der Waals surface area contributed by atoms with Crippen molar-refractivity contribution < 1.29 is 29.1 Å². The summed E-state index contributed by atoms with van der Waals surface area (Å²) in [5, 5.41) is 18.3. The molecule has 12 nitrogen and oxygen atoms in total. The molecule has 0 saturated carbocycles. The molecule has 230 valence electrons. The molecule has 4 atom stereocenters. The van der Waals surface area contributed by atoms with E-state index in [-0.39, 0.29) is 32.1 Å². The fourth-order valence-corrected chi connectivity index (χ4v) is 5.03. The minimum atomic E-state index is -1.38. The summed E-state index contributed by atoms with van der Waals surface area (Å²) in [5.41, 5.74) is 13.9. The van der Waals surface area contributed by atoms with Gasteiger partial charge in [0, 0.05) is 29.9 Å². The lowest BCUT2D eigenvalue weighted by Gasteiger charge is -2.25. The van der Waals surface area contributed by atoms with Crippen LogP contribution in [0.25, 0.3) is 10.9 Å². The maximum absolute atomic E-state index is 13.5. The van der Waals surface area contributed by atoms with Crippen LogP contribution in [0.2, 0.25) is 0 Å². The van der Waals surface area contributed by atoms with E-state index in [9.17, 15) is 29.1 Å². The number of carbonyl (C=O) groups excluding carboxylic acids is 4. The zero-order chi connectivity index (χ0) is 31.4. The average Bonchev–Trinajstić information content (AvgIpc) is 3.39. The van der Waals surface area contributed by atoms with Crippen molar-refractivity contribution >= 4 is 52.3 Å². The maximum atomic E-state index is 13.5. The first-order valence-corrected chi connectivity index (χ1v) is 15.2. The van der Waals surface area contributed by atoms with Crippen LogP contribution in [0, 0.1) is 0 Å². The average molecular weight is 611 g/mol. The molecule has 4 unspecified atom stereocenters. The van der Waals surface area contributed by atoms with E-state index in [0.29, 0.717) is 5.75 Å². The van der Waals surface area contributed by atoms with E-state index >= 15 is 0 Å². The second-order valence-electron chi connectivity index (χ2n) is 10.2. The molecule has 0 aliphatic heterocycles. The Kier molecular flexibility index (Phi) is 12.6. The van der Waals surface area contributed by atoms with Crippen molar-refractivity contribution in [2.24, 2.45) is 11.5 Å². The summed E-state index contributed by atoms with van der Waals surface area (Å²) in [6.07, 6.45) is 3.80. The van der Waals surface area contributed by atoms with Gasteiger partial charge in [-0.2, -0.15) is 11.8 Å². The fourth-order valence-electron chi connectivity index (χ4n) is 4.56. The molecular weight excluding hydrogens is 572 g/mol. The standard InChI is InChI=1S/C30H38N6O6S/c1-43-14-13-23(34-27(38)21(31)16-19-17-33-22-10-6-5-9-20(19)22)28(39)36-25(15-18-7-3-2-4-8-18)29(40)35-24(30(41)42)11-12-26(32)37/h2-10,17,21,23-25,33H,11-16,31H2,1H3,(H2,32,37)(H,34,38)(H,35,40)(H,36,39)(H,41,42). The summed E-state index contributed by atoms with van der Waals surface area (Å²) in [5.74, 6) is -3.38. The molecule has 0 saturated heterocycles. The number of nitrogens with one attached hydrogen (secondary N) is 4. The Labute approximate surface area is 253 Å². The van der Waals surface area contributed by atoms with Gasteiger partial charge in [-0.15, -0.1) is 0 Å². The number of H-pyrrole nitrogens is 1. The summed E-state index contributed by atoms with van der Waals surface area (Å²) in [6.45, 7) is 0. The number of hydrogen-bond acceptors (Lipinski definition) is 7. The highest BCUT2D eigenvalue weighted by Crippen LogP contribution is 2.19. The Morgan fingerprint density at radius 1 is 0.837 bits per heavy atom. The maximum Gasteiger partial charge on any atom is 0.326 e. The molecule has 0 fully saturated rings. The lowest BCUT2D eigenvalue weighted by molar-refractivity contribution is -0.142. The van der Waals surface area contributed by atoms with Crippen LogP contribution in [0.5, 0.6) is 0 Å². The zero-order valence-corrected chi connectivity index (χ0v) is 24.7. The molecule has 1 heterocycles. The first-order valence-electron chi connectivity index (χ1n) is 13.8. The molecule has 0 aliphatic rings. The van der Waals surface area contributed by atoms with Crippen LogP contribution in [-0.2, 0) is 36.8 Å². The molecule has 43 heavy (non-hydrogen) atoms. The van der Waals surface area contributed by atoms with Crippen LogP contribution < -0.4 is 27.4 Å². The van der Waals surface area contributed by atoms with E-state index in [0.717, 1.165) is 22.0 Å². The Bertz CT molecular complexity index is 1410. The van der Waals surface area contributed by atoms with Crippen molar-refractivity contribution in [1.82, 2.24) is 20.9 Å². The molecule has 3 rings (SSSR count). The van der Waals surface area contributed by atoms with Crippen molar-refractivity contribution in [3.05, 3.63) is 71.9 Å². The Morgan fingerprint density at radius 2 is 1.47 bits per heavy atom. The second kappa shape index (κ2) is 16.3. The number of thioether (sulfide) groups is 1. The number of benzene rings is 2. The van der Waals surface area contributed by atoms with Crippen LogP contribution in [0.4, 0.5) is 0 Å². The second-order valence-corrected chi connectivity index (χ2v) is 11.2. The number of amides is 4. The van der Waals surface area contributed by atoms with Gasteiger partial charge >= 0.3 is 5.97 Å². The van der Waals surface area contributed by atoms with Crippen molar-refractivity contribution in [1.29, 1.82) is 0 Å². The Morgan fingerprint density at radius 3 is 2.14 bits per heavy atom. The number of nitrogens with two attached hydrogens (primary N) is 2. The molecular formula is C30H38N6O6S. The Hall–Kier alpha value is -4.36. The quantitative estimate of drug-likeness (QED) is 0.116. The van der Waals surface area contributed by atoms with Crippen LogP contribution in [0.1, 0.15) is 30.4 Å². The molecule has 13 heteroatoms. The normalized spacial score (nSPS) is 13.8. The van der Waals surface area contributed by atoms with Gasteiger partial charge in [-0.05, 0) is 48.5 Å². The van der Waals surface area contributed by atoms with Crippen molar-refractivity contribution in [2.45, 2.75) is 56.3 Å². The van der Waals surface area contributed by atoms with Crippen LogP contribution >= 0.6 is 11.8 Å². The number of para-hydroxylation sites is 1. The van der Waals surface area contributed by atoms with E-state index in [1.54, 1.807) is 36.5 Å². The summed E-state index contributed by atoms with van der Waals surface area (Å²) in [6, 6.07) is 12.1. The Balaban J connectivity index is 1.74. The number of fused-ring (bicyclic) bond motifs is 1. The fraction of sp³-hybridized carbons (Fsp3) is 0.367. The number of aromatic nitrogens is 1. The predicted molar refractivity (Wildman–Crippen MR) is 165 cm³/mol. The third-order valence-corrected chi connectivity index (χ3v) is 7.55. The molecule has 0 bridgehead atoms. The molecule has 0 radical (unpaired) electrons. The third kappa shape index (κ3) is 10.1. The molecule has 0 spiro atoms. The van der Waals surface area contributed by atoms with Crippen LogP contribution in [0.3, 0.4) is 0 Å². The van der Waals surface area contributed by atoms with Crippen molar-refractivity contribution in [3.63, 3.8) is 0 Å². The molecule has 3 aromatic rings. The highest BCUT2D eigenvalue weighted by atomic mass is 32.2. The minimum Gasteiger partial charge on any atom is -0.480 e. The number of hydrogen-bond donors (Lipinski definition) is 7. The SMILES string of the molecule is CSCCC(NC(=O)C(N)Cc1c[nH]c2ccccc12)C(=O)NC(Cc1ccccc1)C(=O)NC(CCC(N)=O)C(=O)O. The smallest absolute Gasteiger partial charge is 0.326 e. The van der Waals surface area contributed by atoms with Crippen LogP contribution in [-0.4, -0.2) is 75.9 Å². The van der Waals surface area contributed by atoms with Gasteiger partial charge in [-0.25, -0.2) is 4.79 Å². The molecule has 4 amide bonds. The summed E-state index contributed by atoms with van der Waals surface area (Å²) < 4.78 is 0. The van der Waals surface area contributed by atoms with Gasteiger partial charge < -0.3 is 37.5 Å². The highest BCUT2D eigenvalue weighted by molar-refractivity contribution is 7.98. The number of carboxylic acid groups (broad SMARTS) is 1. The third-order valence-electron chi connectivity index (χ3n) is 6.90. The van der Waals surface area contributed by atoms with Crippen molar-refractivity contribution in [3.8, 4) is 0 Å². The molecule has 9 N–H and O–H groups in total. The van der Waals surface area contributed by atoms with Crippen molar-refractivity contribution in [2.75, 3.05) is 12.0 Å². The summed E-state index contributed by atoms with van der Waals surface area (Å²) >= 11 is 1.49. The predicted octanol–water partition coefficient (Wildman–Crippen LogP) is 0.838. The van der Waals surface area contributed by atoms with E-state index in [1.165, 1.54) is 11.8 Å². The van der Waals surface area contributed by atoms with E-state index in [4.69, 9.17) is 11.5 Å². The van der Waals surface area contributed by atoms with Gasteiger partial charge in [-0.1, -0.05) is 48.5 Å². The van der Waals surface area contributed by atoms with Gasteiger partial charge in [0.2, 0.25) is 23.6 Å². The summed E-state index contributed by atoms with van der Waals surface area (Å²) in [4.78, 5) is 66.0. The zero-order valence-electron chi connectivity index (χ0n) is 23.9. The topological polar surface area (TPSA) is 209 Å². The first-order chi connectivity index (χ1) is 20.6. The summed E-state index contributed by atoms with van der Waals surface area (Å²) in [7, 11) is 0. The number of rotatable bonds is 17. The van der Waals surface area contributed by atoms with E-state index in [2.05, 4.69) is 20.9 Å². The molecule has 2 aromatic carbocycles. The monoisotopic (exact) mass is 610 g/mol. The van der Waals surface area contributed by atoms with Crippen LogP contribution in [0.15, 0.2) is 60.8 Å². The molecule has 1 aromatic heterocycles. The van der Waals surface area contributed by atoms with Gasteiger partial charge in [0.25, 0.3) is 0 Å². The largest absolute Gasteiger partial charge is 0.480 e. The lowest BCUT2D eigenvalue weighted by Crippen LogP contribution is -2.58. The first kappa shape index (κ1) is 33.1. The van der Waals surface area contributed by atoms with E-state index < -0.39 is 53.8 Å². The minimum absolute atomic E-state index is 0.0594. The highest BCUT2D eigenvalue weighted by Gasteiger charge is 2.30. The van der Waals surface area contributed by atoms with Gasteiger partial charge in [0.05, 0.1) is 6.04 Å². The number of aliphatic carboxylic acids is 1. The van der Waals surface area contributed by atoms with Gasteiger partial charge in [0.15, 0.2) is 0 Å². The molecule has 0 aliphatic carbocycles. The number of carbonyl (C=O) groups is 5. The number of primary amides is 1. The number of aromatic amines is 1. The number of carboxylic acids is 1. The van der Waals surface area contributed by atoms with Gasteiger partial charge in [-0.3, -0.25) is 19.2 Å². The van der Waals surface area contributed by atoms with Gasteiger partial charge in [0.1, 0.15) is 18.1 Å². The van der Waals surface area contributed by atoms with E-state index in [1.807, 2.05) is 30.5 Å².